The van der Waals surface area contributed by atoms with Crippen LogP contribution in [0.15, 0.2) is 66.0 Å². The zero-order valence-electron chi connectivity index (χ0n) is 16.3. The van der Waals surface area contributed by atoms with Crippen molar-refractivity contribution in [1.29, 1.82) is 0 Å². The first-order valence-electron chi connectivity index (χ1n) is 9.23. The minimum absolute atomic E-state index is 0.172. The van der Waals surface area contributed by atoms with Crippen molar-refractivity contribution in [3.63, 3.8) is 0 Å². The molecule has 1 heterocycles. The summed E-state index contributed by atoms with van der Waals surface area (Å²) in [5, 5.41) is 4.02. The van der Waals surface area contributed by atoms with Crippen molar-refractivity contribution in [3.05, 3.63) is 72.2 Å². The average Bonchev–Trinajstić information content (AvgIpc) is 2.78. The van der Waals surface area contributed by atoms with Gasteiger partial charge < -0.3 is 9.47 Å². The highest BCUT2D eigenvalue weighted by atomic mass is 16.5. The van der Waals surface area contributed by atoms with E-state index in [1.807, 2.05) is 55.5 Å². The Hall–Kier alpha value is -3.74. The lowest BCUT2D eigenvalue weighted by molar-refractivity contribution is 0.0950. The SMILES string of the molecule is CCCOc1ccccc1C=NNC(=O)c1cncc(-c2ccc(OC)cc2)n1. The first-order chi connectivity index (χ1) is 14.2. The van der Waals surface area contributed by atoms with E-state index < -0.39 is 5.91 Å². The summed E-state index contributed by atoms with van der Waals surface area (Å²) < 4.78 is 10.8. The second kappa shape index (κ2) is 9.98. The van der Waals surface area contributed by atoms with Crippen LogP contribution in [0.2, 0.25) is 0 Å². The Bertz CT molecular complexity index is 987. The number of hydrazone groups is 1. The topological polar surface area (TPSA) is 85.7 Å². The van der Waals surface area contributed by atoms with Gasteiger partial charge in [0.05, 0.1) is 38.0 Å². The lowest BCUT2D eigenvalue weighted by Gasteiger charge is -2.07. The molecule has 0 saturated heterocycles. The van der Waals surface area contributed by atoms with E-state index in [4.69, 9.17) is 9.47 Å². The highest BCUT2D eigenvalue weighted by Crippen LogP contribution is 2.20. The molecule has 1 amide bonds. The monoisotopic (exact) mass is 390 g/mol. The van der Waals surface area contributed by atoms with Crippen LogP contribution in [0, 0.1) is 0 Å². The number of aromatic nitrogens is 2. The standard InChI is InChI=1S/C22H22N4O3/c1-3-12-29-21-7-5-4-6-17(21)13-24-26-22(27)20-15-23-14-19(25-20)16-8-10-18(28-2)11-9-16/h4-11,13-15H,3,12H2,1-2H3,(H,26,27). The highest BCUT2D eigenvalue weighted by molar-refractivity contribution is 5.93. The summed E-state index contributed by atoms with van der Waals surface area (Å²) >= 11 is 0. The first-order valence-corrected chi connectivity index (χ1v) is 9.23. The molecule has 0 atom stereocenters. The largest absolute Gasteiger partial charge is 0.497 e. The van der Waals surface area contributed by atoms with Crippen LogP contribution < -0.4 is 14.9 Å². The third kappa shape index (κ3) is 5.38. The van der Waals surface area contributed by atoms with Crippen molar-refractivity contribution < 1.29 is 14.3 Å². The molecular formula is C22H22N4O3. The molecule has 3 rings (SSSR count). The summed E-state index contributed by atoms with van der Waals surface area (Å²) in [6, 6.07) is 14.9. The molecule has 0 aliphatic rings. The van der Waals surface area contributed by atoms with Gasteiger partial charge >= 0.3 is 0 Å². The number of carbonyl (C=O) groups is 1. The van der Waals surface area contributed by atoms with Gasteiger partial charge in [0.2, 0.25) is 0 Å². The average molecular weight is 390 g/mol. The number of hydrogen-bond donors (Lipinski definition) is 1. The number of para-hydroxylation sites is 1. The summed E-state index contributed by atoms with van der Waals surface area (Å²) in [4.78, 5) is 20.9. The number of hydrogen-bond acceptors (Lipinski definition) is 6. The number of rotatable bonds is 8. The molecule has 0 fully saturated rings. The Morgan fingerprint density at radius 3 is 2.69 bits per heavy atom. The van der Waals surface area contributed by atoms with E-state index >= 15 is 0 Å². The minimum atomic E-state index is -0.448. The highest BCUT2D eigenvalue weighted by Gasteiger charge is 2.09. The molecule has 0 radical (unpaired) electrons. The van der Waals surface area contributed by atoms with Crippen LogP contribution >= 0.6 is 0 Å². The molecule has 0 spiro atoms. The van der Waals surface area contributed by atoms with Crippen LogP contribution in [0.1, 0.15) is 29.4 Å². The number of carbonyl (C=O) groups excluding carboxylic acids is 1. The zero-order valence-corrected chi connectivity index (χ0v) is 16.3. The lowest BCUT2D eigenvalue weighted by atomic mass is 10.1. The molecule has 7 nitrogen and oxygen atoms in total. The molecule has 0 unspecified atom stereocenters. The molecule has 2 aromatic carbocycles. The van der Waals surface area contributed by atoms with E-state index in [-0.39, 0.29) is 5.69 Å². The van der Waals surface area contributed by atoms with Crippen LogP contribution in [-0.2, 0) is 0 Å². The summed E-state index contributed by atoms with van der Waals surface area (Å²) in [6.07, 6.45) is 5.45. The van der Waals surface area contributed by atoms with Crippen LogP contribution in [-0.4, -0.2) is 35.8 Å². The third-order valence-electron chi connectivity index (χ3n) is 4.00. The van der Waals surface area contributed by atoms with Crippen molar-refractivity contribution in [2.45, 2.75) is 13.3 Å². The van der Waals surface area contributed by atoms with Crippen LogP contribution in [0.5, 0.6) is 11.5 Å². The van der Waals surface area contributed by atoms with Gasteiger partial charge in [0, 0.05) is 11.1 Å². The van der Waals surface area contributed by atoms with Crippen molar-refractivity contribution in [3.8, 4) is 22.8 Å². The number of nitrogens with one attached hydrogen (secondary N) is 1. The van der Waals surface area contributed by atoms with Crippen molar-refractivity contribution in [2.24, 2.45) is 5.10 Å². The maximum atomic E-state index is 12.4. The second-order valence-corrected chi connectivity index (χ2v) is 6.10. The molecule has 1 aromatic heterocycles. The second-order valence-electron chi connectivity index (χ2n) is 6.10. The predicted octanol–water partition coefficient (Wildman–Crippen LogP) is 3.70. The molecule has 7 heteroatoms. The van der Waals surface area contributed by atoms with Crippen molar-refractivity contribution in [1.82, 2.24) is 15.4 Å². The minimum Gasteiger partial charge on any atom is -0.497 e. The Morgan fingerprint density at radius 2 is 1.93 bits per heavy atom. The molecule has 0 aliphatic carbocycles. The van der Waals surface area contributed by atoms with Gasteiger partial charge in [0.25, 0.3) is 5.91 Å². The fourth-order valence-corrected chi connectivity index (χ4v) is 2.52. The van der Waals surface area contributed by atoms with E-state index in [1.54, 1.807) is 19.5 Å². The number of benzene rings is 2. The van der Waals surface area contributed by atoms with Crippen molar-refractivity contribution in [2.75, 3.05) is 13.7 Å². The maximum Gasteiger partial charge on any atom is 0.291 e. The van der Waals surface area contributed by atoms with E-state index in [9.17, 15) is 4.79 Å². The maximum absolute atomic E-state index is 12.4. The molecule has 0 saturated carbocycles. The lowest BCUT2D eigenvalue weighted by Crippen LogP contribution is -2.19. The normalized spacial score (nSPS) is 10.7. The summed E-state index contributed by atoms with van der Waals surface area (Å²) in [7, 11) is 1.61. The van der Waals surface area contributed by atoms with Gasteiger partial charge in [-0.2, -0.15) is 5.10 Å². The number of amides is 1. The van der Waals surface area contributed by atoms with Gasteiger partial charge in [-0.3, -0.25) is 9.78 Å². The van der Waals surface area contributed by atoms with Crippen LogP contribution in [0.4, 0.5) is 0 Å². The van der Waals surface area contributed by atoms with Gasteiger partial charge in [-0.25, -0.2) is 10.4 Å². The molecule has 0 aliphatic heterocycles. The smallest absolute Gasteiger partial charge is 0.291 e. The number of methoxy groups -OCH3 is 1. The number of nitrogens with zero attached hydrogens (tertiary/aromatic N) is 3. The third-order valence-corrected chi connectivity index (χ3v) is 4.00. The first kappa shape index (κ1) is 20.0. The van der Waals surface area contributed by atoms with Gasteiger partial charge in [-0.05, 0) is 42.8 Å². The number of ether oxygens (including phenoxy) is 2. The van der Waals surface area contributed by atoms with E-state index in [0.29, 0.717) is 18.1 Å². The molecule has 1 N–H and O–H groups in total. The summed E-state index contributed by atoms with van der Waals surface area (Å²) in [5.74, 6) is 1.01. The Morgan fingerprint density at radius 1 is 1.14 bits per heavy atom. The van der Waals surface area contributed by atoms with Crippen LogP contribution in [0.25, 0.3) is 11.3 Å². The molecular weight excluding hydrogens is 368 g/mol. The Labute approximate surface area is 169 Å². The quantitative estimate of drug-likeness (QED) is 0.468. The van der Waals surface area contributed by atoms with E-state index in [0.717, 1.165) is 23.3 Å². The summed E-state index contributed by atoms with van der Waals surface area (Å²) in [6.45, 7) is 2.66. The fraction of sp³-hybridized carbons (Fsp3) is 0.182. The summed E-state index contributed by atoms with van der Waals surface area (Å²) in [5.41, 5.74) is 4.85. The predicted molar refractivity (Wildman–Crippen MR) is 111 cm³/mol. The van der Waals surface area contributed by atoms with E-state index in [2.05, 4.69) is 20.5 Å². The molecule has 29 heavy (non-hydrogen) atoms. The Balaban J connectivity index is 1.69. The van der Waals surface area contributed by atoms with Gasteiger partial charge in [-0.15, -0.1) is 0 Å². The van der Waals surface area contributed by atoms with Crippen molar-refractivity contribution >= 4 is 12.1 Å². The zero-order chi connectivity index (χ0) is 20.5. The Kier molecular flexibility index (Phi) is 6.89. The van der Waals surface area contributed by atoms with Gasteiger partial charge in [0.1, 0.15) is 17.2 Å². The molecule has 3 aromatic rings. The fourth-order valence-electron chi connectivity index (χ4n) is 2.52. The molecule has 148 valence electrons. The van der Waals surface area contributed by atoms with Crippen LogP contribution in [0.3, 0.4) is 0 Å². The molecule has 0 bridgehead atoms. The van der Waals surface area contributed by atoms with Gasteiger partial charge in [0.15, 0.2) is 0 Å². The van der Waals surface area contributed by atoms with Gasteiger partial charge in [-0.1, -0.05) is 19.1 Å². The van der Waals surface area contributed by atoms with E-state index in [1.165, 1.54) is 6.20 Å².